The molecule has 0 saturated carbocycles. The molecule has 2 rings (SSSR count). The maximum Gasteiger partial charge on any atom is 0.420 e. The van der Waals surface area contributed by atoms with Crippen molar-refractivity contribution >= 4 is 0 Å². The van der Waals surface area contributed by atoms with E-state index in [1.165, 1.54) is 20.3 Å². The van der Waals surface area contributed by atoms with Crippen LogP contribution in [0, 0.1) is 6.92 Å². The predicted molar refractivity (Wildman–Crippen MR) is 72.5 cm³/mol. The van der Waals surface area contributed by atoms with E-state index in [1.807, 2.05) is 6.92 Å². The maximum atomic E-state index is 13.0. The second-order valence-electron chi connectivity index (χ2n) is 4.44. The predicted octanol–water partition coefficient (Wildman–Crippen LogP) is 4.09. The number of ether oxygens (including phenoxy) is 2. The first-order valence-electron chi connectivity index (χ1n) is 6.13. The summed E-state index contributed by atoms with van der Waals surface area (Å²) in [7, 11) is 2.53. The average Bonchev–Trinajstić information content (AvgIpc) is 2.45. The topological polar surface area (TPSA) is 31.4 Å². The Balaban J connectivity index is 2.64. The molecule has 0 spiro atoms. The minimum absolute atomic E-state index is 0.119. The molecule has 2 aromatic rings. The van der Waals surface area contributed by atoms with E-state index in [0.717, 1.165) is 11.8 Å². The number of alkyl halides is 3. The fourth-order valence-electron chi connectivity index (χ4n) is 1.97. The molecule has 0 radical (unpaired) electrons. The molecule has 0 N–H and O–H groups in total. The lowest BCUT2D eigenvalue weighted by molar-refractivity contribution is -0.138. The summed E-state index contributed by atoms with van der Waals surface area (Å²) in [5.74, 6) is -0.132. The monoisotopic (exact) mass is 297 g/mol. The Morgan fingerprint density at radius 1 is 1.00 bits per heavy atom. The van der Waals surface area contributed by atoms with Crippen LogP contribution in [0.5, 0.6) is 11.5 Å². The van der Waals surface area contributed by atoms with Gasteiger partial charge in [-0.3, -0.25) is 4.98 Å². The van der Waals surface area contributed by atoms with Crippen LogP contribution in [0.2, 0.25) is 0 Å². The summed E-state index contributed by atoms with van der Waals surface area (Å²) >= 11 is 0. The van der Waals surface area contributed by atoms with Gasteiger partial charge in [-0.1, -0.05) is 6.07 Å². The van der Waals surface area contributed by atoms with E-state index in [2.05, 4.69) is 4.98 Å². The number of hydrogen-bond donors (Lipinski definition) is 0. The Morgan fingerprint density at radius 3 is 2.14 bits per heavy atom. The van der Waals surface area contributed by atoms with Crippen LogP contribution >= 0.6 is 0 Å². The molecule has 0 aliphatic rings. The number of aryl methyl sites for hydroxylation is 1. The number of pyridine rings is 1. The van der Waals surface area contributed by atoms with Crippen molar-refractivity contribution in [3.63, 3.8) is 0 Å². The smallest absolute Gasteiger partial charge is 0.420 e. The minimum atomic E-state index is -4.51. The van der Waals surface area contributed by atoms with Gasteiger partial charge in [0.2, 0.25) is 0 Å². The van der Waals surface area contributed by atoms with E-state index in [1.54, 1.807) is 18.3 Å². The molecule has 21 heavy (non-hydrogen) atoms. The zero-order valence-corrected chi connectivity index (χ0v) is 11.8. The van der Waals surface area contributed by atoms with Crippen molar-refractivity contribution in [1.82, 2.24) is 4.98 Å². The molecule has 0 amide bonds. The van der Waals surface area contributed by atoms with Gasteiger partial charge in [0.1, 0.15) is 17.1 Å². The van der Waals surface area contributed by atoms with Crippen LogP contribution in [0.25, 0.3) is 11.1 Å². The molecule has 1 aromatic heterocycles. The van der Waals surface area contributed by atoms with Crippen LogP contribution in [-0.4, -0.2) is 19.2 Å². The summed E-state index contributed by atoms with van der Waals surface area (Å²) in [6.07, 6.45) is -2.93. The van der Waals surface area contributed by atoms with Crippen LogP contribution in [0.15, 0.2) is 30.5 Å². The average molecular weight is 297 g/mol. The van der Waals surface area contributed by atoms with Gasteiger partial charge in [0, 0.05) is 23.0 Å². The Bertz CT molecular complexity index is 637. The van der Waals surface area contributed by atoms with Gasteiger partial charge in [0.05, 0.1) is 14.2 Å². The van der Waals surface area contributed by atoms with Crippen molar-refractivity contribution in [1.29, 1.82) is 0 Å². The molecule has 0 aliphatic carbocycles. The van der Waals surface area contributed by atoms with Gasteiger partial charge >= 0.3 is 6.18 Å². The van der Waals surface area contributed by atoms with E-state index in [4.69, 9.17) is 9.47 Å². The summed E-state index contributed by atoms with van der Waals surface area (Å²) in [6.45, 7) is 1.83. The third-order valence-electron chi connectivity index (χ3n) is 3.05. The highest BCUT2D eigenvalue weighted by molar-refractivity contribution is 5.73. The number of benzene rings is 1. The van der Waals surface area contributed by atoms with Crippen molar-refractivity contribution < 1.29 is 22.6 Å². The molecular weight excluding hydrogens is 283 g/mol. The standard InChI is InChI=1S/C15H14F3NO2/c1-9-4-5-10(8-19-9)11-6-14(21-3)12(15(16,17)18)7-13(11)20-2/h4-8H,1-3H3. The van der Waals surface area contributed by atoms with Gasteiger partial charge in [0.25, 0.3) is 0 Å². The molecule has 1 aromatic carbocycles. The van der Waals surface area contributed by atoms with Crippen molar-refractivity contribution in [3.05, 3.63) is 41.7 Å². The quantitative estimate of drug-likeness (QED) is 0.855. The van der Waals surface area contributed by atoms with Gasteiger partial charge in [-0.25, -0.2) is 0 Å². The molecule has 0 bridgehead atoms. The zero-order valence-electron chi connectivity index (χ0n) is 11.8. The van der Waals surface area contributed by atoms with Gasteiger partial charge in [-0.2, -0.15) is 13.2 Å². The Morgan fingerprint density at radius 2 is 1.67 bits per heavy atom. The van der Waals surface area contributed by atoms with Gasteiger partial charge in [-0.05, 0) is 25.1 Å². The summed E-state index contributed by atoms with van der Waals surface area (Å²) in [5.41, 5.74) is 1.10. The van der Waals surface area contributed by atoms with Gasteiger partial charge in [-0.15, -0.1) is 0 Å². The Kier molecular flexibility index (Phi) is 4.06. The number of hydrogen-bond acceptors (Lipinski definition) is 3. The fourth-order valence-corrected chi connectivity index (χ4v) is 1.97. The molecule has 1 heterocycles. The molecule has 0 saturated heterocycles. The van der Waals surface area contributed by atoms with Crippen LogP contribution in [0.4, 0.5) is 13.2 Å². The highest BCUT2D eigenvalue weighted by atomic mass is 19.4. The van der Waals surface area contributed by atoms with E-state index in [-0.39, 0.29) is 11.5 Å². The number of aromatic nitrogens is 1. The summed E-state index contributed by atoms with van der Waals surface area (Å²) in [4.78, 5) is 4.14. The summed E-state index contributed by atoms with van der Waals surface area (Å²) in [6, 6.07) is 5.80. The van der Waals surface area contributed by atoms with Crippen LogP contribution in [-0.2, 0) is 6.18 Å². The van der Waals surface area contributed by atoms with Gasteiger partial charge < -0.3 is 9.47 Å². The normalized spacial score (nSPS) is 11.3. The molecule has 3 nitrogen and oxygen atoms in total. The van der Waals surface area contributed by atoms with Crippen molar-refractivity contribution in [3.8, 4) is 22.6 Å². The van der Waals surface area contributed by atoms with Crippen molar-refractivity contribution in [2.24, 2.45) is 0 Å². The summed E-state index contributed by atoms with van der Waals surface area (Å²) < 4.78 is 48.9. The first-order valence-corrected chi connectivity index (χ1v) is 6.13. The number of rotatable bonds is 3. The first kappa shape index (κ1) is 15.2. The van der Waals surface area contributed by atoms with Crippen molar-refractivity contribution in [2.45, 2.75) is 13.1 Å². The fraction of sp³-hybridized carbons (Fsp3) is 0.267. The Labute approximate surface area is 120 Å². The molecule has 0 aliphatic heterocycles. The second-order valence-corrected chi connectivity index (χ2v) is 4.44. The lowest BCUT2D eigenvalue weighted by atomic mass is 10.0. The third kappa shape index (κ3) is 3.09. The first-order chi connectivity index (χ1) is 9.86. The highest BCUT2D eigenvalue weighted by Crippen LogP contribution is 2.43. The maximum absolute atomic E-state index is 13.0. The Hall–Kier alpha value is -2.24. The lowest BCUT2D eigenvalue weighted by Crippen LogP contribution is -2.08. The number of nitrogens with zero attached hydrogens (tertiary/aromatic N) is 1. The molecule has 0 fully saturated rings. The molecule has 112 valence electrons. The molecule has 0 unspecified atom stereocenters. The SMILES string of the molecule is COc1cc(C(F)(F)F)c(OC)cc1-c1ccc(C)nc1. The second kappa shape index (κ2) is 5.63. The van der Waals surface area contributed by atoms with E-state index in [0.29, 0.717) is 11.1 Å². The van der Waals surface area contributed by atoms with Gasteiger partial charge in [0.15, 0.2) is 0 Å². The van der Waals surface area contributed by atoms with E-state index >= 15 is 0 Å². The van der Waals surface area contributed by atoms with Crippen LogP contribution in [0.3, 0.4) is 0 Å². The molecular formula is C15H14F3NO2. The lowest BCUT2D eigenvalue weighted by Gasteiger charge is -2.16. The highest BCUT2D eigenvalue weighted by Gasteiger charge is 2.35. The zero-order chi connectivity index (χ0) is 15.6. The van der Waals surface area contributed by atoms with Crippen molar-refractivity contribution in [2.75, 3.05) is 14.2 Å². The number of halogens is 3. The van der Waals surface area contributed by atoms with E-state index < -0.39 is 11.7 Å². The van der Waals surface area contributed by atoms with Crippen LogP contribution in [0.1, 0.15) is 11.3 Å². The van der Waals surface area contributed by atoms with Crippen LogP contribution < -0.4 is 9.47 Å². The molecule has 0 atom stereocenters. The summed E-state index contributed by atoms with van der Waals surface area (Å²) in [5, 5.41) is 0. The minimum Gasteiger partial charge on any atom is -0.496 e. The largest absolute Gasteiger partial charge is 0.496 e. The number of methoxy groups -OCH3 is 2. The third-order valence-corrected chi connectivity index (χ3v) is 3.05. The molecule has 6 heteroatoms. The van der Waals surface area contributed by atoms with E-state index in [9.17, 15) is 13.2 Å².